The lowest BCUT2D eigenvalue weighted by atomic mass is 10.0. The van der Waals surface area contributed by atoms with Gasteiger partial charge in [0.05, 0.1) is 5.56 Å². The Morgan fingerprint density at radius 2 is 1.70 bits per heavy atom. The van der Waals surface area contributed by atoms with Gasteiger partial charge in [0, 0.05) is 29.7 Å². The third-order valence-corrected chi connectivity index (χ3v) is 4.83. The summed E-state index contributed by atoms with van der Waals surface area (Å²) >= 11 is 6.20. The first-order chi connectivity index (χ1) is 14.1. The number of benzene rings is 2. The molecule has 0 aliphatic heterocycles. The molecule has 2 rings (SSSR count). The van der Waals surface area contributed by atoms with Crippen LogP contribution in [-0.4, -0.2) is 46.4 Å². The number of aromatic carboxylic acids is 1. The molecule has 0 unspecified atom stereocenters. The summed E-state index contributed by atoms with van der Waals surface area (Å²) in [6.45, 7) is 4.14. The summed E-state index contributed by atoms with van der Waals surface area (Å²) in [5.74, 6) is -1.31. The first kappa shape index (κ1) is 22.9. The number of amides is 3. The summed E-state index contributed by atoms with van der Waals surface area (Å²) in [6, 6.07) is 10.1. The van der Waals surface area contributed by atoms with Gasteiger partial charge in [-0.3, -0.25) is 9.69 Å². The van der Waals surface area contributed by atoms with E-state index in [4.69, 9.17) is 16.9 Å². The molecule has 2 aromatic rings. The van der Waals surface area contributed by atoms with Crippen molar-refractivity contribution >= 4 is 29.5 Å². The summed E-state index contributed by atoms with van der Waals surface area (Å²) in [4.78, 5) is 38.5. The van der Waals surface area contributed by atoms with Crippen LogP contribution in [0.25, 0.3) is 11.1 Å². The van der Waals surface area contributed by atoms with Crippen molar-refractivity contribution in [3.8, 4) is 17.3 Å². The zero-order chi connectivity index (χ0) is 22.4. The van der Waals surface area contributed by atoms with E-state index in [9.17, 15) is 19.5 Å². The van der Waals surface area contributed by atoms with E-state index in [1.165, 1.54) is 25.2 Å². The average Bonchev–Trinajstić information content (AvgIpc) is 2.73. The average molecular weight is 428 g/mol. The Kier molecular flexibility index (Phi) is 7.56. The second kappa shape index (κ2) is 9.90. The van der Waals surface area contributed by atoms with Gasteiger partial charge in [-0.15, -0.1) is 0 Å². The standard InChI is InChI=1S/C22H22ClN3O4/c1-14(2)10-11-26(22(30)25(3)13-24)20(27)16-6-4-15(5-7-16)18-12-17(21(28)29)8-9-19(18)23/h4-9,12,14H,10-11H2,1-3H3,(H,28,29). The number of nitriles is 1. The van der Waals surface area contributed by atoms with Crippen LogP contribution >= 0.6 is 11.6 Å². The van der Waals surface area contributed by atoms with Crippen molar-refractivity contribution in [2.45, 2.75) is 20.3 Å². The quantitative estimate of drug-likeness (QED) is 0.530. The molecule has 0 spiro atoms. The van der Waals surface area contributed by atoms with Crippen LogP contribution in [0.3, 0.4) is 0 Å². The van der Waals surface area contributed by atoms with Crippen molar-refractivity contribution in [1.82, 2.24) is 9.80 Å². The fourth-order valence-electron chi connectivity index (χ4n) is 2.72. The Hall–Kier alpha value is -3.37. The Morgan fingerprint density at radius 1 is 1.10 bits per heavy atom. The van der Waals surface area contributed by atoms with Crippen molar-refractivity contribution in [1.29, 1.82) is 5.26 Å². The van der Waals surface area contributed by atoms with Gasteiger partial charge in [0.1, 0.15) is 0 Å². The lowest BCUT2D eigenvalue weighted by Crippen LogP contribution is -2.43. The molecule has 0 aliphatic rings. The number of carboxylic acids is 1. The smallest absolute Gasteiger partial charge is 0.339 e. The van der Waals surface area contributed by atoms with Crippen molar-refractivity contribution in [2.75, 3.05) is 13.6 Å². The lowest BCUT2D eigenvalue weighted by molar-refractivity contribution is 0.0695. The third-order valence-electron chi connectivity index (χ3n) is 4.50. The van der Waals surface area contributed by atoms with E-state index in [-0.39, 0.29) is 23.6 Å². The van der Waals surface area contributed by atoms with E-state index >= 15 is 0 Å². The molecule has 0 fully saturated rings. The van der Waals surface area contributed by atoms with Crippen LogP contribution in [0.1, 0.15) is 41.0 Å². The second-order valence-electron chi connectivity index (χ2n) is 7.16. The SMILES string of the molecule is CC(C)CCN(C(=O)c1ccc(-c2cc(C(=O)O)ccc2Cl)cc1)C(=O)N(C)C#N. The van der Waals surface area contributed by atoms with E-state index in [0.717, 1.165) is 9.80 Å². The molecule has 0 bridgehead atoms. The highest BCUT2D eigenvalue weighted by molar-refractivity contribution is 6.33. The maximum Gasteiger partial charge on any atom is 0.339 e. The molecule has 0 heterocycles. The van der Waals surface area contributed by atoms with Gasteiger partial charge in [-0.05, 0) is 48.2 Å². The monoisotopic (exact) mass is 427 g/mol. The predicted molar refractivity (Wildman–Crippen MR) is 113 cm³/mol. The van der Waals surface area contributed by atoms with Crippen molar-refractivity contribution in [3.05, 3.63) is 58.6 Å². The van der Waals surface area contributed by atoms with Gasteiger partial charge in [0.15, 0.2) is 6.19 Å². The molecule has 0 aliphatic carbocycles. The predicted octanol–water partition coefficient (Wildman–Crippen LogP) is 4.73. The Balaban J connectivity index is 2.34. The van der Waals surface area contributed by atoms with Crippen LogP contribution in [0, 0.1) is 17.4 Å². The summed E-state index contributed by atoms with van der Waals surface area (Å²) in [7, 11) is 1.30. The molecule has 0 radical (unpaired) electrons. The molecular weight excluding hydrogens is 406 g/mol. The van der Waals surface area contributed by atoms with Crippen LogP contribution in [-0.2, 0) is 0 Å². The summed E-state index contributed by atoms with van der Waals surface area (Å²) < 4.78 is 0. The fourth-order valence-corrected chi connectivity index (χ4v) is 2.95. The highest BCUT2D eigenvalue weighted by atomic mass is 35.5. The van der Waals surface area contributed by atoms with Gasteiger partial charge in [-0.25, -0.2) is 14.5 Å². The molecule has 0 saturated carbocycles. The maximum absolute atomic E-state index is 12.9. The maximum atomic E-state index is 12.9. The first-order valence-electron chi connectivity index (χ1n) is 9.28. The van der Waals surface area contributed by atoms with Gasteiger partial charge in [0.25, 0.3) is 5.91 Å². The van der Waals surface area contributed by atoms with E-state index < -0.39 is 17.9 Å². The minimum atomic E-state index is -1.07. The highest BCUT2D eigenvalue weighted by Crippen LogP contribution is 2.29. The van der Waals surface area contributed by atoms with Crippen molar-refractivity contribution in [2.24, 2.45) is 5.92 Å². The number of halogens is 1. The molecule has 0 saturated heterocycles. The number of rotatable bonds is 6. The van der Waals surface area contributed by atoms with Gasteiger partial charge in [-0.2, -0.15) is 5.26 Å². The van der Waals surface area contributed by atoms with E-state index in [1.54, 1.807) is 30.5 Å². The Morgan fingerprint density at radius 3 is 2.23 bits per heavy atom. The van der Waals surface area contributed by atoms with Crippen LogP contribution in [0.15, 0.2) is 42.5 Å². The number of hydrogen-bond acceptors (Lipinski definition) is 4. The lowest BCUT2D eigenvalue weighted by Gasteiger charge is -2.24. The number of nitrogens with zero attached hydrogens (tertiary/aromatic N) is 3. The van der Waals surface area contributed by atoms with Crippen LogP contribution < -0.4 is 0 Å². The fraction of sp³-hybridized carbons (Fsp3) is 0.273. The number of imide groups is 1. The molecule has 0 atom stereocenters. The number of hydrogen-bond donors (Lipinski definition) is 1. The molecule has 7 nitrogen and oxygen atoms in total. The Bertz CT molecular complexity index is 996. The van der Waals surface area contributed by atoms with Crippen molar-refractivity contribution < 1.29 is 19.5 Å². The van der Waals surface area contributed by atoms with Crippen LogP contribution in [0.2, 0.25) is 5.02 Å². The normalized spacial score (nSPS) is 10.4. The zero-order valence-electron chi connectivity index (χ0n) is 16.9. The molecule has 30 heavy (non-hydrogen) atoms. The number of carbonyl (C=O) groups is 3. The summed E-state index contributed by atoms with van der Waals surface area (Å²) in [6.07, 6.45) is 2.32. The van der Waals surface area contributed by atoms with E-state index in [0.29, 0.717) is 22.6 Å². The molecule has 0 aromatic heterocycles. The molecule has 8 heteroatoms. The number of urea groups is 1. The Labute approximate surface area is 180 Å². The number of carboxylic acid groups (broad SMARTS) is 1. The highest BCUT2D eigenvalue weighted by Gasteiger charge is 2.26. The van der Waals surface area contributed by atoms with Gasteiger partial charge >= 0.3 is 12.0 Å². The molecule has 2 aromatic carbocycles. The molecule has 3 amide bonds. The summed E-state index contributed by atoms with van der Waals surface area (Å²) in [5.41, 5.74) is 1.52. The van der Waals surface area contributed by atoms with Crippen LogP contribution in [0.5, 0.6) is 0 Å². The van der Waals surface area contributed by atoms with Gasteiger partial charge in [0.2, 0.25) is 0 Å². The van der Waals surface area contributed by atoms with Gasteiger partial charge < -0.3 is 5.11 Å². The zero-order valence-corrected chi connectivity index (χ0v) is 17.7. The third kappa shape index (κ3) is 5.37. The van der Waals surface area contributed by atoms with E-state index in [1.807, 2.05) is 13.8 Å². The minimum absolute atomic E-state index is 0.0968. The summed E-state index contributed by atoms with van der Waals surface area (Å²) in [5, 5.41) is 18.6. The van der Waals surface area contributed by atoms with E-state index in [2.05, 4.69) is 0 Å². The molecular formula is C22H22ClN3O4. The number of carbonyl (C=O) groups excluding carboxylic acids is 2. The molecule has 1 N–H and O–H groups in total. The minimum Gasteiger partial charge on any atom is -0.478 e. The largest absolute Gasteiger partial charge is 0.478 e. The second-order valence-corrected chi connectivity index (χ2v) is 7.57. The first-order valence-corrected chi connectivity index (χ1v) is 9.66. The van der Waals surface area contributed by atoms with Crippen LogP contribution in [0.4, 0.5) is 4.79 Å². The topological polar surface area (TPSA) is 102 Å². The molecule has 156 valence electrons. The van der Waals surface area contributed by atoms with Crippen molar-refractivity contribution in [3.63, 3.8) is 0 Å². The van der Waals surface area contributed by atoms with Gasteiger partial charge in [-0.1, -0.05) is 37.6 Å².